The first kappa shape index (κ1) is 28.0. The Morgan fingerprint density at radius 2 is 1.76 bits per heavy atom. The van der Waals surface area contributed by atoms with Gasteiger partial charge in [0.25, 0.3) is 5.69 Å². The highest BCUT2D eigenvalue weighted by atomic mass is 35.5. The van der Waals surface area contributed by atoms with Gasteiger partial charge in [-0.2, -0.15) is 13.2 Å². The zero-order valence-electron chi connectivity index (χ0n) is 21.1. The van der Waals surface area contributed by atoms with Crippen LogP contribution in [0.5, 0.6) is 0 Å². The number of carbonyl (C=O) groups excluding carboxylic acids is 1. The van der Waals surface area contributed by atoms with E-state index in [1.54, 1.807) is 0 Å². The van der Waals surface area contributed by atoms with E-state index in [0.29, 0.717) is 52.0 Å². The summed E-state index contributed by atoms with van der Waals surface area (Å²) in [5.74, 6) is 0.128. The van der Waals surface area contributed by atoms with Gasteiger partial charge in [-0.05, 0) is 55.7 Å². The molecule has 2 fully saturated rings. The Kier molecular flexibility index (Phi) is 8.67. The van der Waals surface area contributed by atoms with Crippen molar-refractivity contribution in [3.05, 3.63) is 62.7 Å². The number of piperazine rings is 1. The first-order valence-corrected chi connectivity index (χ1v) is 13.0. The van der Waals surface area contributed by atoms with E-state index in [0.717, 1.165) is 41.5 Å². The molecular weight excluding hydrogens is 523 g/mol. The van der Waals surface area contributed by atoms with Gasteiger partial charge in [0.05, 0.1) is 4.92 Å². The number of nitro groups is 1. The van der Waals surface area contributed by atoms with Crippen molar-refractivity contribution in [3.8, 4) is 0 Å². The summed E-state index contributed by atoms with van der Waals surface area (Å²) < 4.78 is 39.8. The molecule has 0 aromatic heterocycles. The lowest BCUT2D eigenvalue weighted by Crippen LogP contribution is -2.49. The third-order valence-electron chi connectivity index (χ3n) is 7.24. The van der Waals surface area contributed by atoms with Crippen LogP contribution in [0.15, 0.2) is 36.4 Å². The van der Waals surface area contributed by atoms with Crippen molar-refractivity contribution >= 4 is 34.6 Å². The maximum Gasteiger partial charge on any atom is 0.423 e. The molecule has 2 aromatic rings. The van der Waals surface area contributed by atoms with Crippen molar-refractivity contribution in [2.24, 2.45) is 0 Å². The van der Waals surface area contributed by atoms with Crippen molar-refractivity contribution in [2.45, 2.75) is 38.4 Å². The molecule has 0 atom stereocenters. The predicted molar refractivity (Wildman–Crippen MR) is 141 cm³/mol. The highest BCUT2D eigenvalue weighted by molar-refractivity contribution is 6.31. The maximum atomic E-state index is 13.3. The van der Waals surface area contributed by atoms with Gasteiger partial charge < -0.3 is 20.0 Å². The van der Waals surface area contributed by atoms with E-state index in [1.165, 1.54) is 6.07 Å². The molecule has 2 aliphatic heterocycles. The van der Waals surface area contributed by atoms with E-state index in [9.17, 15) is 28.1 Å². The number of carbonyl (C=O) groups is 1. The molecule has 4 rings (SSSR count). The topological polar surface area (TPSA) is 82.0 Å². The smallest absolute Gasteiger partial charge is 0.382 e. The van der Waals surface area contributed by atoms with Gasteiger partial charge in [0, 0.05) is 80.7 Å². The lowest BCUT2D eigenvalue weighted by molar-refractivity contribution is -0.388. The molecule has 0 radical (unpaired) electrons. The molecule has 0 spiro atoms. The fourth-order valence-electron chi connectivity index (χ4n) is 5.00. The number of piperidine rings is 1. The van der Waals surface area contributed by atoms with E-state index >= 15 is 0 Å². The van der Waals surface area contributed by atoms with E-state index in [4.69, 9.17) is 11.6 Å². The molecule has 1 amide bonds. The van der Waals surface area contributed by atoms with Gasteiger partial charge in [0.2, 0.25) is 5.91 Å². The number of halogens is 4. The van der Waals surface area contributed by atoms with Gasteiger partial charge in [-0.3, -0.25) is 14.9 Å². The molecule has 0 saturated carbocycles. The molecular formula is C26H31ClF3N5O3. The standard InChI is InChI=1S/C26H31ClF3N5O3/c1-18-16-21(3-4-23(18)27)33-12-14-34(15-13-33)25(36)8-11-32-9-6-19(7-10-32)31-20-2-5-24(35(37)38)22(17-20)26(28,29)30/h2-5,16-17,19,31H,6-15H2,1H3. The van der Waals surface area contributed by atoms with Crippen molar-refractivity contribution < 1.29 is 22.9 Å². The second-order valence-corrected chi connectivity index (χ2v) is 10.2. The van der Waals surface area contributed by atoms with Gasteiger partial charge in [0.1, 0.15) is 5.56 Å². The Balaban J connectivity index is 1.20. The summed E-state index contributed by atoms with van der Waals surface area (Å²) in [6.07, 6.45) is -2.98. The lowest BCUT2D eigenvalue weighted by Gasteiger charge is -2.37. The summed E-state index contributed by atoms with van der Waals surface area (Å²) in [5, 5.41) is 14.8. The molecule has 38 heavy (non-hydrogen) atoms. The number of nitrogens with zero attached hydrogens (tertiary/aromatic N) is 4. The number of hydrogen-bond donors (Lipinski definition) is 1. The average molecular weight is 554 g/mol. The summed E-state index contributed by atoms with van der Waals surface area (Å²) in [7, 11) is 0. The van der Waals surface area contributed by atoms with Crippen molar-refractivity contribution in [1.29, 1.82) is 0 Å². The molecule has 2 aliphatic rings. The van der Waals surface area contributed by atoms with Gasteiger partial charge in [-0.25, -0.2) is 0 Å². The van der Waals surface area contributed by atoms with E-state index in [-0.39, 0.29) is 17.6 Å². The summed E-state index contributed by atoms with van der Waals surface area (Å²) in [6.45, 7) is 6.91. The summed E-state index contributed by atoms with van der Waals surface area (Å²) in [4.78, 5) is 29.1. The first-order valence-electron chi connectivity index (χ1n) is 12.6. The summed E-state index contributed by atoms with van der Waals surface area (Å²) >= 11 is 6.13. The monoisotopic (exact) mass is 553 g/mol. The molecule has 12 heteroatoms. The molecule has 1 N–H and O–H groups in total. The molecule has 2 heterocycles. The van der Waals surface area contributed by atoms with Gasteiger partial charge >= 0.3 is 6.18 Å². The number of alkyl halides is 3. The Morgan fingerprint density at radius 1 is 1.08 bits per heavy atom. The van der Waals surface area contributed by atoms with E-state index in [2.05, 4.69) is 21.2 Å². The number of likely N-dealkylation sites (tertiary alicyclic amines) is 1. The van der Waals surface area contributed by atoms with Crippen molar-refractivity contribution in [2.75, 3.05) is 56.0 Å². The van der Waals surface area contributed by atoms with Crippen LogP contribution in [0.25, 0.3) is 0 Å². The van der Waals surface area contributed by atoms with Crippen LogP contribution in [0.2, 0.25) is 5.02 Å². The Labute approximate surface area is 224 Å². The molecule has 206 valence electrons. The SMILES string of the molecule is Cc1cc(N2CCN(C(=O)CCN3CCC(Nc4ccc([N+](=O)[O-])c(C(F)(F)F)c4)CC3)CC2)ccc1Cl. The van der Waals surface area contributed by atoms with Gasteiger partial charge in [-0.1, -0.05) is 11.6 Å². The number of benzene rings is 2. The van der Waals surface area contributed by atoms with Crippen LogP contribution in [0.4, 0.5) is 30.2 Å². The fraction of sp³-hybridized carbons (Fsp3) is 0.500. The van der Waals surface area contributed by atoms with Crippen LogP contribution in [0, 0.1) is 17.0 Å². The molecule has 0 unspecified atom stereocenters. The minimum atomic E-state index is -4.81. The number of anilines is 2. The minimum Gasteiger partial charge on any atom is -0.382 e. The quantitative estimate of drug-likeness (QED) is 0.375. The summed E-state index contributed by atoms with van der Waals surface area (Å²) in [5.41, 5.74) is 0.139. The second-order valence-electron chi connectivity index (χ2n) is 9.80. The average Bonchev–Trinajstić information content (AvgIpc) is 2.89. The zero-order chi connectivity index (χ0) is 27.4. The van der Waals surface area contributed by atoms with Crippen LogP contribution in [0.3, 0.4) is 0 Å². The Bertz CT molecular complexity index is 1160. The fourth-order valence-corrected chi connectivity index (χ4v) is 5.12. The van der Waals surface area contributed by atoms with Crippen LogP contribution in [0.1, 0.15) is 30.4 Å². The zero-order valence-corrected chi connectivity index (χ0v) is 21.9. The van der Waals surface area contributed by atoms with E-state index < -0.39 is 22.4 Å². The normalized spacial score (nSPS) is 17.5. The highest BCUT2D eigenvalue weighted by Crippen LogP contribution is 2.38. The van der Waals surface area contributed by atoms with Crippen LogP contribution >= 0.6 is 11.6 Å². The number of nitrogens with one attached hydrogen (secondary N) is 1. The van der Waals surface area contributed by atoms with Crippen LogP contribution < -0.4 is 10.2 Å². The second kappa shape index (κ2) is 11.8. The third-order valence-corrected chi connectivity index (χ3v) is 7.66. The predicted octanol–water partition coefficient (Wildman–Crippen LogP) is 5.19. The Hall–Kier alpha value is -3.05. The number of rotatable bonds is 7. The Morgan fingerprint density at radius 3 is 2.37 bits per heavy atom. The molecule has 2 saturated heterocycles. The summed E-state index contributed by atoms with van der Waals surface area (Å²) in [6, 6.07) is 8.92. The third kappa shape index (κ3) is 6.87. The van der Waals surface area contributed by atoms with Gasteiger partial charge in [-0.15, -0.1) is 0 Å². The van der Waals surface area contributed by atoms with E-state index in [1.807, 2.05) is 24.0 Å². The molecule has 0 aliphatic carbocycles. The van der Waals surface area contributed by atoms with Crippen molar-refractivity contribution in [3.63, 3.8) is 0 Å². The lowest BCUT2D eigenvalue weighted by atomic mass is 10.0. The number of hydrogen-bond acceptors (Lipinski definition) is 6. The number of aryl methyl sites for hydroxylation is 1. The highest BCUT2D eigenvalue weighted by Gasteiger charge is 2.38. The maximum absolute atomic E-state index is 13.3. The minimum absolute atomic E-state index is 0.0472. The first-order chi connectivity index (χ1) is 18.0. The molecule has 8 nitrogen and oxygen atoms in total. The van der Waals surface area contributed by atoms with Crippen molar-refractivity contribution in [1.82, 2.24) is 9.80 Å². The number of amides is 1. The van der Waals surface area contributed by atoms with Crippen LogP contribution in [-0.2, 0) is 11.0 Å². The van der Waals surface area contributed by atoms with Gasteiger partial charge in [0.15, 0.2) is 0 Å². The molecule has 0 bridgehead atoms. The molecule has 2 aromatic carbocycles. The number of nitro benzene ring substituents is 1. The van der Waals surface area contributed by atoms with Crippen LogP contribution in [-0.4, -0.2) is 72.5 Å². The largest absolute Gasteiger partial charge is 0.423 e.